The van der Waals surface area contributed by atoms with Crippen molar-refractivity contribution in [1.82, 2.24) is 9.38 Å². The van der Waals surface area contributed by atoms with Gasteiger partial charge in [-0.2, -0.15) is 0 Å². The molecule has 0 unspecified atom stereocenters. The topological polar surface area (TPSA) is 56.1 Å². The number of aromatic nitrogens is 2. The average molecular weight is 416 g/mol. The highest BCUT2D eigenvalue weighted by Gasteiger charge is 2.21. The molecule has 0 saturated carbocycles. The van der Waals surface area contributed by atoms with Gasteiger partial charge in [0.15, 0.2) is 5.82 Å². The van der Waals surface area contributed by atoms with E-state index in [9.17, 15) is 4.79 Å². The van der Waals surface area contributed by atoms with Crippen LogP contribution in [0.25, 0.3) is 16.8 Å². The van der Waals surface area contributed by atoms with E-state index >= 15 is 0 Å². The van der Waals surface area contributed by atoms with Crippen molar-refractivity contribution in [3.05, 3.63) is 57.4 Å². The maximum absolute atomic E-state index is 12.8. The van der Waals surface area contributed by atoms with Crippen LogP contribution in [0, 0.1) is 0 Å². The number of methoxy groups -OCH3 is 1. The zero-order valence-electron chi connectivity index (χ0n) is 14.3. The highest BCUT2D eigenvalue weighted by atomic mass is 79.9. The van der Waals surface area contributed by atoms with Gasteiger partial charge in [0.1, 0.15) is 5.65 Å². The van der Waals surface area contributed by atoms with E-state index in [0.29, 0.717) is 37.8 Å². The summed E-state index contributed by atoms with van der Waals surface area (Å²) >= 11 is 3.45. The van der Waals surface area contributed by atoms with E-state index in [1.165, 1.54) is 11.5 Å². The van der Waals surface area contributed by atoms with Crippen LogP contribution in [0.2, 0.25) is 0 Å². The van der Waals surface area contributed by atoms with Gasteiger partial charge in [0.25, 0.3) is 0 Å². The summed E-state index contributed by atoms with van der Waals surface area (Å²) in [5, 5.41) is 0. The number of hydrogen-bond acceptors (Lipinski definition) is 5. The van der Waals surface area contributed by atoms with Crippen LogP contribution in [-0.4, -0.2) is 42.8 Å². The highest BCUT2D eigenvalue weighted by molar-refractivity contribution is 9.10. The largest absolute Gasteiger partial charge is 0.488 e. The van der Waals surface area contributed by atoms with Crippen LogP contribution in [0.3, 0.4) is 0 Å². The summed E-state index contributed by atoms with van der Waals surface area (Å²) in [6.45, 7) is 2.60. The van der Waals surface area contributed by atoms with Crippen LogP contribution in [-0.2, 0) is 4.74 Å². The number of rotatable bonds is 3. The third-order valence-corrected chi connectivity index (χ3v) is 4.99. The van der Waals surface area contributed by atoms with Gasteiger partial charge in [0, 0.05) is 23.8 Å². The minimum absolute atomic E-state index is 0.207. The molecule has 1 fully saturated rings. The lowest BCUT2D eigenvalue weighted by atomic mass is 10.1. The summed E-state index contributed by atoms with van der Waals surface area (Å²) in [4.78, 5) is 19.6. The van der Waals surface area contributed by atoms with Gasteiger partial charge in [0.2, 0.25) is 5.75 Å². The predicted octanol–water partition coefficient (Wildman–Crippen LogP) is 2.97. The van der Waals surface area contributed by atoms with Crippen molar-refractivity contribution in [1.29, 1.82) is 0 Å². The van der Waals surface area contributed by atoms with Gasteiger partial charge in [-0.1, -0.05) is 28.1 Å². The average Bonchev–Trinajstić information content (AvgIpc) is 2.69. The Bertz CT molecular complexity index is 995. The fourth-order valence-corrected chi connectivity index (χ4v) is 3.36. The van der Waals surface area contributed by atoms with E-state index in [-0.39, 0.29) is 11.3 Å². The Morgan fingerprint density at radius 2 is 1.85 bits per heavy atom. The van der Waals surface area contributed by atoms with Gasteiger partial charge in [-0.25, -0.2) is 4.98 Å². The molecule has 0 aliphatic carbocycles. The summed E-state index contributed by atoms with van der Waals surface area (Å²) in [5.74, 6) is 0.842. The van der Waals surface area contributed by atoms with E-state index in [1.807, 2.05) is 41.3 Å². The van der Waals surface area contributed by atoms with Crippen molar-refractivity contribution < 1.29 is 9.47 Å². The number of fused-ring (bicyclic) bond motifs is 1. The second kappa shape index (κ2) is 7.09. The third-order valence-electron chi connectivity index (χ3n) is 4.46. The molecule has 1 aliphatic heterocycles. The van der Waals surface area contributed by atoms with Crippen molar-refractivity contribution >= 4 is 27.4 Å². The molecule has 6 nitrogen and oxygen atoms in total. The molecule has 0 bridgehead atoms. The van der Waals surface area contributed by atoms with Gasteiger partial charge in [0.05, 0.1) is 20.3 Å². The highest BCUT2D eigenvalue weighted by Crippen LogP contribution is 2.26. The first kappa shape index (κ1) is 17.1. The SMILES string of the molecule is COc1c(N2CCOCC2)nc2cc(-c3ccc(Br)cc3)ccn2c1=O. The van der Waals surface area contributed by atoms with Gasteiger partial charge in [-0.15, -0.1) is 0 Å². The first-order valence-corrected chi connectivity index (χ1v) is 9.16. The van der Waals surface area contributed by atoms with Crippen molar-refractivity contribution in [3.8, 4) is 16.9 Å². The summed E-state index contributed by atoms with van der Waals surface area (Å²) in [6, 6.07) is 11.9. The van der Waals surface area contributed by atoms with Crippen LogP contribution in [0.15, 0.2) is 51.9 Å². The Labute approximate surface area is 159 Å². The smallest absolute Gasteiger partial charge is 0.302 e. The molecule has 0 amide bonds. The lowest BCUT2D eigenvalue weighted by Crippen LogP contribution is -2.38. The zero-order chi connectivity index (χ0) is 18.1. The number of pyridine rings is 1. The van der Waals surface area contributed by atoms with Crippen molar-refractivity contribution in [2.45, 2.75) is 0 Å². The second-order valence-corrected chi connectivity index (χ2v) is 6.94. The Balaban J connectivity index is 1.86. The summed E-state index contributed by atoms with van der Waals surface area (Å²) in [6.07, 6.45) is 1.74. The van der Waals surface area contributed by atoms with Crippen molar-refractivity contribution in [2.75, 3.05) is 38.3 Å². The van der Waals surface area contributed by atoms with E-state index < -0.39 is 0 Å². The fourth-order valence-electron chi connectivity index (χ4n) is 3.10. The normalized spacial score (nSPS) is 14.6. The number of nitrogens with zero attached hydrogens (tertiary/aromatic N) is 3. The molecular formula is C19H18BrN3O3. The van der Waals surface area contributed by atoms with Gasteiger partial charge in [-0.3, -0.25) is 9.20 Å². The number of anilines is 1. The first-order chi connectivity index (χ1) is 12.7. The predicted molar refractivity (Wildman–Crippen MR) is 104 cm³/mol. The third kappa shape index (κ3) is 3.08. The minimum atomic E-state index is -0.207. The van der Waals surface area contributed by atoms with Crippen molar-refractivity contribution in [3.63, 3.8) is 0 Å². The number of benzene rings is 1. The molecule has 1 aromatic carbocycles. The van der Waals surface area contributed by atoms with E-state index in [0.717, 1.165) is 15.6 Å². The molecule has 3 heterocycles. The summed E-state index contributed by atoms with van der Waals surface area (Å²) < 4.78 is 13.3. The quantitative estimate of drug-likeness (QED) is 0.657. The van der Waals surface area contributed by atoms with Gasteiger partial charge in [-0.05, 0) is 35.4 Å². The molecule has 1 aliphatic rings. The molecule has 0 atom stereocenters. The van der Waals surface area contributed by atoms with Crippen LogP contribution >= 0.6 is 15.9 Å². The fraction of sp³-hybridized carbons (Fsp3) is 0.263. The minimum Gasteiger partial charge on any atom is -0.488 e. The molecule has 26 heavy (non-hydrogen) atoms. The second-order valence-electron chi connectivity index (χ2n) is 6.02. The summed E-state index contributed by atoms with van der Waals surface area (Å²) in [5.41, 5.74) is 2.45. The molecule has 0 spiro atoms. The maximum Gasteiger partial charge on any atom is 0.302 e. The molecule has 2 aromatic heterocycles. The van der Waals surface area contributed by atoms with Gasteiger partial charge >= 0.3 is 5.56 Å². The number of morpholine rings is 1. The zero-order valence-corrected chi connectivity index (χ0v) is 15.9. The molecule has 134 valence electrons. The lowest BCUT2D eigenvalue weighted by molar-refractivity contribution is 0.122. The molecular weight excluding hydrogens is 398 g/mol. The molecule has 4 rings (SSSR count). The Morgan fingerprint density at radius 1 is 1.12 bits per heavy atom. The van der Waals surface area contributed by atoms with Gasteiger partial charge < -0.3 is 14.4 Å². The monoisotopic (exact) mass is 415 g/mol. The van der Waals surface area contributed by atoms with Crippen LogP contribution in [0.5, 0.6) is 5.75 Å². The van der Waals surface area contributed by atoms with Crippen LogP contribution < -0.4 is 15.2 Å². The molecule has 0 N–H and O–H groups in total. The molecule has 3 aromatic rings. The molecule has 7 heteroatoms. The van der Waals surface area contributed by atoms with E-state index in [2.05, 4.69) is 15.9 Å². The lowest BCUT2D eigenvalue weighted by Gasteiger charge is -2.28. The molecule has 1 saturated heterocycles. The molecule has 0 radical (unpaired) electrons. The Morgan fingerprint density at radius 3 is 2.54 bits per heavy atom. The maximum atomic E-state index is 12.8. The Kier molecular flexibility index (Phi) is 4.65. The van der Waals surface area contributed by atoms with E-state index in [1.54, 1.807) is 6.20 Å². The number of halogens is 1. The van der Waals surface area contributed by atoms with Crippen molar-refractivity contribution in [2.24, 2.45) is 0 Å². The van der Waals surface area contributed by atoms with Crippen LogP contribution in [0.4, 0.5) is 5.82 Å². The first-order valence-electron chi connectivity index (χ1n) is 8.36. The Hall–Kier alpha value is -2.38. The number of ether oxygens (including phenoxy) is 2. The van der Waals surface area contributed by atoms with Crippen LogP contribution in [0.1, 0.15) is 0 Å². The standard InChI is InChI=1S/C19H18BrN3O3/c1-25-17-18(22-8-10-26-11-9-22)21-16-12-14(6-7-23(16)19(17)24)13-2-4-15(20)5-3-13/h2-7,12H,8-11H2,1H3. The summed E-state index contributed by atoms with van der Waals surface area (Å²) in [7, 11) is 1.50. The number of hydrogen-bond donors (Lipinski definition) is 0. The van der Waals surface area contributed by atoms with E-state index in [4.69, 9.17) is 14.5 Å².